The Bertz CT molecular complexity index is 854. The Balaban J connectivity index is 1.25. The Hall–Kier alpha value is -2.43. The van der Waals surface area contributed by atoms with Gasteiger partial charge in [-0.05, 0) is 55.8 Å². The Kier molecular flexibility index (Phi) is 5.66. The Labute approximate surface area is 159 Å². The molecule has 1 fully saturated rings. The molecule has 1 aliphatic heterocycles. The molecule has 0 aliphatic carbocycles. The van der Waals surface area contributed by atoms with Gasteiger partial charge in [-0.1, -0.05) is 42.5 Å². The maximum absolute atomic E-state index is 13.9. The van der Waals surface area contributed by atoms with Gasteiger partial charge in [-0.15, -0.1) is 0 Å². The van der Waals surface area contributed by atoms with Crippen LogP contribution in [0.25, 0.3) is 11.3 Å². The fraction of sp³-hybridized carbons (Fsp3) is 0.304. The molecule has 3 nitrogen and oxygen atoms in total. The molecule has 0 atom stereocenters. The van der Waals surface area contributed by atoms with Crippen molar-refractivity contribution >= 4 is 0 Å². The fourth-order valence-corrected chi connectivity index (χ4v) is 3.66. The lowest BCUT2D eigenvalue weighted by molar-refractivity contribution is 0.189. The lowest BCUT2D eigenvalue weighted by Gasteiger charge is -2.32. The molecule has 1 aliphatic rings. The van der Waals surface area contributed by atoms with E-state index in [1.807, 2.05) is 18.2 Å². The summed E-state index contributed by atoms with van der Waals surface area (Å²) in [6.07, 6.45) is 2.27. The van der Waals surface area contributed by atoms with Crippen molar-refractivity contribution in [2.24, 2.45) is 0 Å². The normalized spacial score (nSPS) is 15.9. The minimum Gasteiger partial charge on any atom is -0.460 e. The lowest BCUT2D eigenvalue weighted by atomic mass is 10.0. The lowest BCUT2D eigenvalue weighted by Crippen LogP contribution is -2.41. The quantitative estimate of drug-likeness (QED) is 0.678. The van der Waals surface area contributed by atoms with Crippen LogP contribution < -0.4 is 5.32 Å². The van der Waals surface area contributed by atoms with E-state index in [1.54, 1.807) is 12.1 Å². The first kappa shape index (κ1) is 18.0. The molecule has 1 N–H and O–H groups in total. The van der Waals surface area contributed by atoms with Crippen molar-refractivity contribution in [3.8, 4) is 11.3 Å². The summed E-state index contributed by atoms with van der Waals surface area (Å²) in [6.45, 7) is 3.91. The van der Waals surface area contributed by atoms with E-state index in [0.29, 0.717) is 23.9 Å². The van der Waals surface area contributed by atoms with Crippen molar-refractivity contribution in [1.29, 1.82) is 0 Å². The topological polar surface area (TPSA) is 28.4 Å². The van der Waals surface area contributed by atoms with Crippen LogP contribution in [-0.2, 0) is 13.1 Å². The van der Waals surface area contributed by atoms with Crippen LogP contribution in [0.4, 0.5) is 4.39 Å². The maximum atomic E-state index is 13.9. The minimum absolute atomic E-state index is 0.253. The Morgan fingerprint density at radius 1 is 0.926 bits per heavy atom. The van der Waals surface area contributed by atoms with E-state index < -0.39 is 0 Å². The SMILES string of the molecule is Fc1ccccc1-c1ccc(CNC2CCN(Cc3ccccc3)CC2)o1. The summed E-state index contributed by atoms with van der Waals surface area (Å²) in [5, 5.41) is 3.59. The van der Waals surface area contributed by atoms with Gasteiger partial charge in [-0.3, -0.25) is 4.90 Å². The summed E-state index contributed by atoms with van der Waals surface area (Å²) in [7, 11) is 0. The minimum atomic E-state index is -0.253. The number of nitrogens with one attached hydrogen (secondary N) is 1. The summed E-state index contributed by atoms with van der Waals surface area (Å²) in [6, 6.07) is 21.6. The third-order valence-corrected chi connectivity index (χ3v) is 5.20. The first-order valence-electron chi connectivity index (χ1n) is 9.61. The molecular weight excluding hydrogens is 339 g/mol. The number of halogens is 1. The fourth-order valence-electron chi connectivity index (χ4n) is 3.66. The third kappa shape index (κ3) is 4.65. The van der Waals surface area contributed by atoms with E-state index in [1.165, 1.54) is 11.6 Å². The number of rotatable bonds is 6. The maximum Gasteiger partial charge on any atom is 0.137 e. The second kappa shape index (κ2) is 8.51. The zero-order valence-corrected chi connectivity index (χ0v) is 15.4. The monoisotopic (exact) mass is 364 g/mol. The second-order valence-corrected chi connectivity index (χ2v) is 7.16. The number of piperidine rings is 1. The summed E-state index contributed by atoms with van der Waals surface area (Å²) < 4.78 is 19.7. The molecule has 0 spiro atoms. The molecule has 4 heteroatoms. The molecule has 3 aromatic rings. The van der Waals surface area contributed by atoms with Crippen molar-refractivity contribution in [3.63, 3.8) is 0 Å². The number of nitrogens with zero attached hydrogens (tertiary/aromatic N) is 1. The second-order valence-electron chi connectivity index (χ2n) is 7.16. The van der Waals surface area contributed by atoms with Crippen LogP contribution in [-0.4, -0.2) is 24.0 Å². The van der Waals surface area contributed by atoms with Gasteiger partial charge >= 0.3 is 0 Å². The van der Waals surface area contributed by atoms with Crippen LogP contribution in [0.1, 0.15) is 24.2 Å². The van der Waals surface area contributed by atoms with E-state index in [2.05, 4.69) is 40.5 Å². The highest BCUT2D eigenvalue weighted by molar-refractivity contribution is 5.58. The highest BCUT2D eigenvalue weighted by Crippen LogP contribution is 2.25. The zero-order valence-electron chi connectivity index (χ0n) is 15.4. The molecule has 0 bridgehead atoms. The molecule has 2 heterocycles. The van der Waals surface area contributed by atoms with Gasteiger partial charge in [0.2, 0.25) is 0 Å². The standard InChI is InChI=1S/C23H25FN2O/c24-22-9-5-4-8-21(22)23-11-10-20(27-23)16-25-19-12-14-26(15-13-19)17-18-6-2-1-3-7-18/h1-11,19,25H,12-17H2. The summed E-state index contributed by atoms with van der Waals surface area (Å²) in [5.74, 6) is 1.18. The third-order valence-electron chi connectivity index (χ3n) is 5.20. The van der Waals surface area contributed by atoms with Crippen molar-refractivity contribution in [1.82, 2.24) is 10.2 Å². The van der Waals surface area contributed by atoms with E-state index in [-0.39, 0.29) is 5.82 Å². The van der Waals surface area contributed by atoms with Crippen LogP contribution in [0, 0.1) is 5.82 Å². The van der Waals surface area contributed by atoms with Gasteiger partial charge in [-0.2, -0.15) is 0 Å². The molecule has 0 amide bonds. The molecule has 1 saturated heterocycles. The van der Waals surface area contributed by atoms with Crippen LogP contribution in [0.2, 0.25) is 0 Å². The number of likely N-dealkylation sites (tertiary alicyclic amines) is 1. The molecule has 0 unspecified atom stereocenters. The van der Waals surface area contributed by atoms with Gasteiger partial charge in [0.05, 0.1) is 12.1 Å². The van der Waals surface area contributed by atoms with Crippen molar-refractivity contribution in [2.75, 3.05) is 13.1 Å². The summed E-state index contributed by atoms with van der Waals surface area (Å²) in [5.41, 5.74) is 1.89. The summed E-state index contributed by atoms with van der Waals surface area (Å²) >= 11 is 0. The van der Waals surface area contributed by atoms with Crippen molar-refractivity contribution in [3.05, 3.63) is 83.9 Å². The highest BCUT2D eigenvalue weighted by Gasteiger charge is 2.19. The van der Waals surface area contributed by atoms with Crippen LogP contribution >= 0.6 is 0 Å². The smallest absolute Gasteiger partial charge is 0.137 e. The van der Waals surface area contributed by atoms with Crippen LogP contribution in [0.3, 0.4) is 0 Å². The molecular formula is C23H25FN2O. The van der Waals surface area contributed by atoms with Crippen LogP contribution in [0.15, 0.2) is 71.1 Å². The number of hydrogen-bond acceptors (Lipinski definition) is 3. The average Bonchev–Trinajstić information content (AvgIpc) is 3.17. The van der Waals surface area contributed by atoms with E-state index in [0.717, 1.165) is 38.2 Å². The molecule has 140 valence electrons. The predicted octanol–water partition coefficient (Wildman–Crippen LogP) is 4.84. The van der Waals surface area contributed by atoms with Gasteiger partial charge in [0.15, 0.2) is 0 Å². The average molecular weight is 364 g/mol. The first-order chi connectivity index (χ1) is 13.3. The van der Waals surface area contributed by atoms with E-state index in [4.69, 9.17) is 4.42 Å². The molecule has 4 rings (SSSR count). The number of furan rings is 1. The predicted molar refractivity (Wildman–Crippen MR) is 106 cm³/mol. The van der Waals surface area contributed by atoms with Gasteiger partial charge in [0.1, 0.15) is 17.3 Å². The number of hydrogen-bond donors (Lipinski definition) is 1. The van der Waals surface area contributed by atoms with Gasteiger partial charge in [0, 0.05) is 12.6 Å². The zero-order chi connectivity index (χ0) is 18.5. The van der Waals surface area contributed by atoms with Gasteiger partial charge in [-0.25, -0.2) is 4.39 Å². The largest absolute Gasteiger partial charge is 0.460 e. The molecule has 1 aromatic heterocycles. The molecule has 0 saturated carbocycles. The van der Waals surface area contributed by atoms with E-state index in [9.17, 15) is 4.39 Å². The van der Waals surface area contributed by atoms with Crippen molar-refractivity contribution in [2.45, 2.75) is 32.0 Å². The first-order valence-corrected chi connectivity index (χ1v) is 9.61. The van der Waals surface area contributed by atoms with Gasteiger partial charge < -0.3 is 9.73 Å². The molecule has 27 heavy (non-hydrogen) atoms. The van der Waals surface area contributed by atoms with Crippen molar-refractivity contribution < 1.29 is 8.81 Å². The Morgan fingerprint density at radius 2 is 1.67 bits per heavy atom. The highest BCUT2D eigenvalue weighted by atomic mass is 19.1. The molecule has 2 aromatic carbocycles. The molecule has 0 radical (unpaired) electrons. The van der Waals surface area contributed by atoms with Gasteiger partial charge in [0.25, 0.3) is 0 Å². The Morgan fingerprint density at radius 3 is 2.44 bits per heavy atom. The summed E-state index contributed by atoms with van der Waals surface area (Å²) in [4.78, 5) is 2.51. The van der Waals surface area contributed by atoms with Crippen LogP contribution in [0.5, 0.6) is 0 Å². The number of benzene rings is 2. The van der Waals surface area contributed by atoms with E-state index >= 15 is 0 Å².